The molecule has 0 aromatic carbocycles. The van der Waals surface area contributed by atoms with Gasteiger partial charge in [0.2, 0.25) is 5.88 Å². The SMILES string of the molecule is CCOc1ccc(NC2CCCC2C2CCCCN2)cn1. The van der Waals surface area contributed by atoms with Crippen LogP contribution in [0.4, 0.5) is 5.69 Å². The summed E-state index contributed by atoms with van der Waals surface area (Å²) < 4.78 is 5.40. The van der Waals surface area contributed by atoms with Gasteiger partial charge < -0.3 is 15.4 Å². The number of anilines is 1. The zero-order valence-electron chi connectivity index (χ0n) is 13.0. The third kappa shape index (κ3) is 3.67. The third-order valence-electron chi connectivity index (χ3n) is 4.82. The number of aromatic nitrogens is 1. The third-order valence-corrected chi connectivity index (χ3v) is 4.82. The minimum Gasteiger partial charge on any atom is -0.478 e. The molecule has 1 aromatic heterocycles. The van der Waals surface area contributed by atoms with Gasteiger partial charge in [-0.25, -0.2) is 4.98 Å². The first-order valence-corrected chi connectivity index (χ1v) is 8.45. The number of hydrogen-bond donors (Lipinski definition) is 2. The first kappa shape index (κ1) is 14.6. The maximum absolute atomic E-state index is 5.40. The quantitative estimate of drug-likeness (QED) is 0.874. The fraction of sp³-hybridized carbons (Fsp3) is 0.706. The van der Waals surface area contributed by atoms with Crippen LogP contribution < -0.4 is 15.4 Å². The van der Waals surface area contributed by atoms with Crippen molar-refractivity contribution in [2.45, 2.75) is 57.5 Å². The normalized spacial score (nSPS) is 29.3. The van der Waals surface area contributed by atoms with Crippen LogP contribution in [0.3, 0.4) is 0 Å². The molecule has 1 saturated heterocycles. The second kappa shape index (κ2) is 7.12. The molecule has 3 atom stereocenters. The summed E-state index contributed by atoms with van der Waals surface area (Å²) in [5, 5.41) is 7.43. The maximum atomic E-state index is 5.40. The van der Waals surface area contributed by atoms with E-state index in [0.717, 1.165) is 11.6 Å². The largest absolute Gasteiger partial charge is 0.478 e. The van der Waals surface area contributed by atoms with Crippen LogP contribution in [0.25, 0.3) is 0 Å². The minimum absolute atomic E-state index is 0.584. The number of nitrogens with one attached hydrogen (secondary N) is 2. The summed E-state index contributed by atoms with van der Waals surface area (Å²) >= 11 is 0. The van der Waals surface area contributed by atoms with Gasteiger partial charge in [-0.3, -0.25) is 0 Å². The van der Waals surface area contributed by atoms with Gasteiger partial charge in [0.1, 0.15) is 0 Å². The Bertz CT molecular complexity index is 428. The Hall–Kier alpha value is -1.29. The summed E-state index contributed by atoms with van der Waals surface area (Å²) in [7, 11) is 0. The fourth-order valence-electron chi connectivity index (χ4n) is 3.81. The lowest BCUT2D eigenvalue weighted by molar-refractivity contribution is 0.286. The van der Waals surface area contributed by atoms with Gasteiger partial charge in [0.25, 0.3) is 0 Å². The van der Waals surface area contributed by atoms with Gasteiger partial charge in [0, 0.05) is 18.2 Å². The molecule has 1 aliphatic heterocycles. The van der Waals surface area contributed by atoms with E-state index in [1.165, 1.54) is 45.1 Å². The molecule has 2 heterocycles. The molecular weight excluding hydrogens is 262 g/mol. The fourth-order valence-corrected chi connectivity index (χ4v) is 3.81. The maximum Gasteiger partial charge on any atom is 0.213 e. The lowest BCUT2D eigenvalue weighted by Crippen LogP contribution is -2.44. The molecule has 21 heavy (non-hydrogen) atoms. The predicted octanol–water partition coefficient (Wildman–Crippen LogP) is 3.20. The number of piperidine rings is 1. The molecule has 116 valence electrons. The van der Waals surface area contributed by atoms with E-state index in [-0.39, 0.29) is 0 Å². The molecule has 0 bridgehead atoms. The molecule has 4 heteroatoms. The van der Waals surface area contributed by atoms with Crippen LogP contribution in [-0.4, -0.2) is 30.2 Å². The summed E-state index contributed by atoms with van der Waals surface area (Å²) in [6, 6.07) is 5.32. The van der Waals surface area contributed by atoms with Gasteiger partial charge in [-0.2, -0.15) is 0 Å². The second-order valence-corrected chi connectivity index (χ2v) is 6.22. The average Bonchev–Trinajstić information content (AvgIpc) is 2.98. The van der Waals surface area contributed by atoms with Crippen molar-refractivity contribution < 1.29 is 4.74 Å². The van der Waals surface area contributed by atoms with E-state index in [0.29, 0.717) is 24.6 Å². The Morgan fingerprint density at radius 1 is 1.24 bits per heavy atom. The lowest BCUT2D eigenvalue weighted by atomic mass is 9.88. The van der Waals surface area contributed by atoms with Crippen molar-refractivity contribution in [3.8, 4) is 5.88 Å². The monoisotopic (exact) mass is 289 g/mol. The Kier molecular flexibility index (Phi) is 4.96. The zero-order chi connectivity index (χ0) is 14.5. The topological polar surface area (TPSA) is 46.2 Å². The number of ether oxygens (including phenoxy) is 1. The summed E-state index contributed by atoms with van der Waals surface area (Å²) in [5.41, 5.74) is 1.12. The molecule has 0 amide bonds. The molecule has 2 N–H and O–H groups in total. The van der Waals surface area contributed by atoms with Crippen LogP contribution in [-0.2, 0) is 0 Å². The molecule has 4 nitrogen and oxygen atoms in total. The van der Waals surface area contributed by atoms with E-state index in [4.69, 9.17) is 4.74 Å². The van der Waals surface area contributed by atoms with Crippen LogP contribution in [0.1, 0.15) is 45.4 Å². The molecule has 1 aliphatic carbocycles. The van der Waals surface area contributed by atoms with Crippen molar-refractivity contribution in [2.75, 3.05) is 18.5 Å². The molecule has 0 spiro atoms. The Morgan fingerprint density at radius 2 is 2.19 bits per heavy atom. The molecule has 3 unspecified atom stereocenters. The van der Waals surface area contributed by atoms with E-state index in [9.17, 15) is 0 Å². The average molecular weight is 289 g/mol. The van der Waals surface area contributed by atoms with Crippen LogP contribution in [0.5, 0.6) is 5.88 Å². The Morgan fingerprint density at radius 3 is 2.90 bits per heavy atom. The first-order valence-electron chi connectivity index (χ1n) is 8.45. The molecule has 0 radical (unpaired) electrons. The highest BCUT2D eigenvalue weighted by atomic mass is 16.5. The standard InChI is InChI=1S/C17H27N3O/c1-2-21-17-10-9-13(12-19-17)20-16-8-5-6-14(16)15-7-3-4-11-18-15/h9-10,12,14-16,18,20H,2-8,11H2,1H3. The van der Waals surface area contributed by atoms with E-state index >= 15 is 0 Å². The Balaban J connectivity index is 1.60. The zero-order valence-corrected chi connectivity index (χ0v) is 13.0. The van der Waals surface area contributed by atoms with Crippen LogP contribution >= 0.6 is 0 Å². The van der Waals surface area contributed by atoms with Crippen molar-refractivity contribution in [3.63, 3.8) is 0 Å². The second-order valence-electron chi connectivity index (χ2n) is 6.22. The summed E-state index contributed by atoms with van der Waals surface area (Å²) in [4.78, 5) is 4.35. The van der Waals surface area contributed by atoms with Crippen molar-refractivity contribution in [1.82, 2.24) is 10.3 Å². The summed E-state index contributed by atoms with van der Waals surface area (Å²) in [5.74, 6) is 1.47. The van der Waals surface area contributed by atoms with Gasteiger partial charge in [0.15, 0.2) is 0 Å². The van der Waals surface area contributed by atoms with Gasteiger partial charge in [-0.1, -0.05) is 12.8 Å². The molecule has 1 aromatic rings. The van der Waals surface area contributed by atoms with Gasteiger partial charge in [0.05, 0.1) is 18.5 Å². The molecular formula is C17H27N3O. The van der Waals surface area contributed by atoms with Crippen molar-refractivity contribution in [2.24, 2.45) is 5.92 Å². The number of rotatable bonds is 5. The number of hydrogen-bond acceptors (Lipinski definition) is 4. The Labute approximate surface area is 127 Å². The minimum atomic E-state index is 0.584. The van der Waals surface area contributed by atoms with Gasteiger partial charge >= 0.3 is 0 Å². The van der Waals surface area contributed by atoms with Crippen LogP contribution in [0, 0.1) is 5.92 Å². The van der Waals surface area contributed by atoms with Crippen molar-refractivity contribution >= 4 is 5.69 Å². The van der Waals surface area contributed by atoms with E-state index < -0.39 is 0 Å². The van der Waals surface area contributed by atoms with E-state index in [1.807, 2.05) is 19.2 Å². The molecule has 3 rings (SSSR count). The highest BCUT2D eigenvalue weighted by Gasteiger charge is 2.34. The number of nitrogens with zero attached hydrogens (tertiary/aromatic N) is 1. The van der Waals surface area contributed by atoms with Crippen molar-refractivity contribution in [1.29, 1.82) is 0 Å². The smallest absolute Gasteiger partial charge is 0.213 e. The highest BCUT2D eigenvalue weighted by molar-refractivity contribution is 5.43. The van der Waals surface area contributed by atoms with Crippen LogP contribution in [0.2, 0.25) is 0 Å². The van der Waals surface area contributed by atoms with Crippen LogP contribution in [0.15, 0.2) is 18.3 Å². The first-order chi connectivity index (χ1) is 10.4. The summed E-state index contributed by atoms with van der Waals surface area (Å²) in [6.07, 6.45) is 9.91. The summed E-state index contributed by atoms with van der Waals surface area (Å²) in [6.45, 7) is 3.84. The lowest BCUT2D eigenvalue weighted by Gasteiger charge is -2.33. The number of pyridine rings is 1. The molecule has 2 fully saturated rings. The van der Waals surface area contributed by atoms with Gasteiger partial charge in [-0.05, 0) is 51.1 Å². The molecule has 1 saturated carbocycles. The van der Waals surface area contributed by atoms with Gasteiger partial charge in [-0.15, -0.1) is 0 Å². The van der Waals surface area contributed by atoms with Crippen molar-refractivity contribution in [3.05, 3.63) is 18.3 Å². The molecule has 2 aliphatic rings. The predicted molar refractivity (Wildman–Crippen MR) is 85.8 cm³/mol. The van der Waals surface area contributed by atoms with E-state index in [2.05, 4.69) is 21.7 Å². The van der Waals surface area contributed by atoms with E-state index in [1.54, 1.807) is 0 Å². The highest BCUT2D eigenvalue weighted by Crippen LogP contribution is 2.33.